The molecule has 2 aliphatic rings. The highest BCUT2D eigenvalue weighted by Gasteiger charge is 2.27. The molecule has 158 valence electrons. The Balaban J connectivity index is 1.32. The van der Waals surface area contributed by atoms with Crippen LogP contribution in [-0.4, -0.2) is 22.2 Å². The molecular weight excluding hydrogens is 400 g/mol. The van der Waals surface area contributed by atoms with E-state index in [9.17, 15) is 9.59 Å². The predicted molar refractivity (Wildman–Crippen MR) is 116 cm³/mol. The van der Waals surface area contributed by atoms with Gasteiger partial charge >= 0.3 is 0 Å². The van der Waals surface area contributed by atoms with Crippen LogP contribution in [0.4, 0.5) is 4.79 Å². The highest BCUT2D eigenvalue weighted by molar-refractivity contribution is 8.18. The van der Waals surface area contributed by atoms with Crippen molar-refractivity contribution >= 4 is 22.9 Å². The van der Waals surface area contributed by atoms with Crippen LogP contribution in [0.5, 0.6) is 0 Å². The Morgan fingerprint density at radius 3 is 2.93 bits per heavy atom. The zero-order chi connectivity index (χ0) is 21.1. The number of hydrogen-bond donors (Lipinski definition) is 1. The van der Waals surface area contributed by atoms with Crippen LogP contribution in [-0.2, 0) is 16.1 Å². The number of aromatic nitrogens is 1. The van der Waals surface area contributed by atoms with Gasteiger partial charge in [0.05, 0.1) is 17.6 Å². The number of thioether (sulfide) groups is 1. The van der Waals surface area contributed by atoms with Gasteiger partial charge < -0.3 is 9.15 Å². The Morgan fingerprint density at radius 1 is 1.30 bits per heavy atom. The molecule has 7 heteroatoms. The average Bonchev–Trinajstić information content (AvgIpc) is 3.26. The summed E-state index contributed by atoms with van der Waals surface area (Å²) in [6, 6.07) is 8.11. The predicted octanol–water partition coefficient (Wildman–Crippen LogP) is 5.29. The maximum Gasteiger partial charge on any atom is 0.290 e. The second-order valence-corrected chi connectivity index (χ2v) is 9.02. The quantitative estimate of drug-likeness (QED) is 0.632. The maximum atomic E-state index is 11.7. The third-order valence-electron chi connectivity index (χ3n) is 5.63. The molecular formula is C23H26N2O4S. The SMILES string of the molecule is Cc1cccc(-c2nc(COC3CCCC(C/C=C4\SC(=O)NC4=O)C3)c(C)o2)c1. The molecule has 1 saturated carbocycles. The average molecular weight is 427 g/mol. The monoisotopic (exact) mass is 426 g/mol. The number of carbonyl (C=O) groups excluding carboxylic acids is 2. The number of benzene rings is 1. The van der Waals surface area contributed by atoms with Crippen LogP contribution in [0, 0.1) is 19.8 Å². The lowest BCUT2D eigenvalue weighted by Gasteiger charge is -2.28. The smallest absolute Gasteiger partial charge is 0.290 e. The van der Waals surface area contributed by atoms with Crippen molar-refractivity contribution in [2.75, 3.05) is 0 Å². The van der Waals surface area contributed by atoms with Crippen LogP contribution < -0.4 is 5.32 Å². The minimum absolute atomic E-state index is 0.173. The summed E-state index contributed by atoms with van der Waals surface area (Å²) in [5.74, 6) is 1.60. The number of nitrogens with one attached hydrogen (secondary N) is 1. The van der Waals surface area contributed by atoms with Gasteiger partial charge in [-0.25, -0.2) is 4.98 Å². The van der Waals surface area contributed by atoms with Gasteiger partial charge in [-0.3, -0.25) is 14.9 Å². The number of rotatable bonds is 6. The lowest BCUT2D eigenvalue weighted by atomic mass is 9.85. The molecule has 0 radical (unpaired) electrons. The van der Waals surface area contributed by atoms with Crippen molar-refractivity contribution in [2.45, 2.75) is 58.7 Å². The van der Waals surface area contributed by atoms with E-state index < -0.39 is 0 Å². The number of oxazole rings is 1. The molecule has 1 N–H and O–H groups in total. The lowest BCUT2D eigenvalue weighted by molar-refractivity contribution is -0.115. The van der Waals surface area contributed by atoms with E-state index in [2.05, 4.69) is 29.4 Å². The summed E-state index contributed by atoms with van der Waals surface area (Å²) in [5.41, 5.74) is 2.98. The Labute approximate surface area is 180 Å². The molecule has 6 nitrogen and oxygen atoms in total. The first-order valence-corrected chi connectivity index (χ1v) is 11.2. The number of hydrogen-bond acceptors (Lipinski definition) is 6. The number of nitrogens with zero attached hydrogens (tertiary/aromatic N) is 1. The third kappa shape index (κ3) is 5.02. The van der Waals surface area contributed by atoms with E-state index in [0.717, 1.165) is 60.9 Å². The van der Waals surface area contributed by atoms with Gasteiger partial charge in [0.25, 0.3) is 11.1 Å². The molecule has 1 saturated heterocycles. The number of ether oxygens (including phenoxy) is 1. The van der Waals surface area contributed by atoms with Gasteiger partial charge in [0, 0.05) is 5.56 Å². The van der Waals surface area contributed by atoms with E-state index in [1.165, 1.54) is 5.56 Å². The minimum atomic E-state index is -0.288. The van der Waals surface area contributed by atoms with E-state index >= 15 is 0 Å². The summed E-state index contributed by atoms with van der Waals surface area (Å²) in [6.07, 6.45) is 7.06. The molecule has 4 rings (SSSR count). The highest BCUT2D eigenvalue weighted by Crippen LogP contribution is 2.32. The largest absolute Gasteiger partial charge is 0.441 e. The Kier molecular flexibility index (Phi) is 6.39. The van der Waals surface area contributed by atoms with Crippen LogP contribution >= 0.6 is 11.8 Å². The fourth-order valence-corrected chi connectivity index (χ4v) is 4.67. The molecule has 2 heterocycles. The third-order valence-corrected chi connectivity index (χ3v) is 6.49. The van der Waals surface area contributed by atoms with E-state index in [0.29, 0.717) is 23.3 Å². The van der Waals surface area contributed by atoms with E-state index in [4.69, 9.17) is 9.15 Å². The van der Waals surface area contributed by atoms with Crippen molar-refractivity contribution in [2.24, 2.45) is 5.92 Å². The molecule has 2 fully saturated rings. The molecule has 2 atom stereocenters. The first kappa shape index (κ1) is 20.9. The highest BCUT2D eigenvalue weighted by atomic mass is 32.2. The van der Waals surface area contributed by atoms with Crippen LogP contribution in [0.15, 0.2) is 39.7 Å². The Morgan fingerprint density at radius 2 is 2.17 bits per heavy atom. The number of carbonyl (C=O) groups is 2. The van der Waals surface area contributed by atoms with Crippen LogP contribution in [0.1, 0.15) is 49.1 Å². The van der Waals surface area contributed by atoms with Gasteiger partial charge in [-0.1, -0.05) is 30.2 Å². The number of allylic oxidation sites excluding steroid dienone is 1. The minimum Gasteiger partial charge on any atom is -0.441 e. The normalized spacial score (nSPS) is 23.2. The van der Waals surface area contributed by atoms with Crippen LogP contribution in [0.25, 0.3) is 11.5 Å². The number of amides is 2. The number of aryl methyl sites for hydroxylation is 2. The molecule has 1 aromatic heterocycles. The summed E-state index contributed by atoms with van der Waals surface area (Å²) >= 11 is 0.985. The molecule has 1 aromatic carbocycles. The van der Waals surface area contributed by atoms with Gasteiger partial charge in [-0.15, -0.1) is 0 Å². The standard InChI is InChI=1S/C23H26N2O4S/c1-14-5-3-7-17(11-14)22-24-19(15(2)29-22)13-28-18-8-4-6-16(12-18)9-10-20-21(26)25-23(27)30-20/h3,5,7,10-11,16,18H,4,6,8-9,12-13H2,1-2H3,(H,25,26,27)/b20-10-. The zero-order valence-electron chi connectivity index (χ0n) is 17.3. The van der Waals surface area contributed by atoms with Crippen molar-refractivity contribution < 1.29 is 18.7 Å². The lowest BCUT2D eigenvalue weighted by Crippen LogP contribution is -2.23. The second kappa shape index (κ2) is 9.18. The van der Waals surface area contributed by atoms with Crippen molar-refractivity contribution in [3.05, 3.63) is 52.3 Å². The van der Waals surface area contributed by atoms with Gasteiger partial charge in [-0.2, -0.15) is 0 Å². The molecule has 0 bridgehead atoms. The summed E-state index contributed by atoms with van der Waals surface area (Å²) in [5, 5.41) is 2.01. The Bertz CT molecular complexity index is 981. The fourth-order valence-electron chi connectivity index (χ4n) is 4.00. The summed E-state index contributed by atoms with van der Waals surface area (Å²) in [4.78, 5) is 28.1. The molecule has 2 amide bonds. The van der Waals surface area contributed by atoms with Crippen molar-refractivity contribution in [1.29, 1.82) is 0 Å². The maximum absolute atomic E-state index is 11.7. The summed E-state index contributed by atoms with van der Waals surface area (Å²) in [7, 11) is 0. The van der Waals surface area contributed by atoms with Crippen LogP contribution in [0.3, 0.4) is 0 Å². The van der Waals surface area contributed by atoms with E-state index in [-0.39, 0.29) is 17.3 Å². The molecule has 1 aliphatic heterocycles. The van der Waals surface area contributed by atoms with Gasteiger partial charge in [-0.05, 0) is 69.3 Å². The summed E-state index contributed by atoms with van der Waals surface area (Å²) < 4.78 is 12.0. The molecule has 30 heavy (non-hydrogen) atoms. The van der Waals surface area contributed by atoms with Crippen molar-refractivity contribution in [3.8, 4) is 11.5 Å². The van der Waals surface area contributed by atoms with E-state index in [1.54, 1.807) is 0 Å². The molecule has 1 aliphatic carbocycles. The fraction of sp³-hybridized carbons (Fsp3) is 0.435. The molecule has 0 spiro atoms. The first-order valence-electron chi connectivity index (χ1n) is 10.4. The van der Waals surface area contributed by atoms with Gasteiger partial charge in [0.1, 0.15) is 11.5 Å². The van der Waals surface area contributed by atoms with Crippen molar-refractivity contribution in [3.63, 3.8) is 0 Å². The topological polar surface area (TPSA) is 81.4 Å². The second-order valence-electron chi connectivity index (χ2n) is 8.00. The zero-order valence-corrected chi connectivity index (χ0v) is 18.1. The van der Waals surface area contributed by atoms with Crippen molar-refractivity contribution in [1.82, 2.24) is 10.3 Å². The molecule has 2 unspecified atom stereocenters. The van der Waals surface area contributed by atoms with Gasteiger partial charge in [0.15, 0.2) is 0 Å². The van der Waals surface area contributed by atoms with E-state index in [1.807, 2.05) is 25.1 Å². The van der Waals surface area contributed by atoms with Crippen LogP contribution in [0.2, 0.25) is 0 Å². The first-order chi connectivity index (χ1) is 14.5. The number of imide groups is 1. The Hall–Kier alpha value is -2.38. The van der Waals surface area contributed by atoms with Gasteiger partial charge in [0.2, 0.25) is 5.89 Å². The molecule has 2 aromatic rings. The summed E-state index contributed by atoms with van der Waals surface area (Å²) in [6.45, 7) is 4.41.